The second-order valence-electron chi connectivity index (χ2n) is 4.82. The van der Waals surface area contributed by atoms with Crippen LogP contribution in [0.3, 0.4) is 0 Å². The summed E-state index contributed by atoms with van der Waals surface area (Å²) < 4.78 is 5.54. The highest BCUT2D eigenvalue weighted by Crippen LogP contribution is 2.19. The predicted molar refractivity (Wildman–Crippen MR) is 74.5 cm³/mol. The SMILES string of the molecule is CCCCCCc1coc(-c2ccc(C)cc2)n1. The lowest BCUT2D eigenvalue weighted by Gasteiger charge is -1.96. The molecule has 0 unspecified atom stereocenters. The van der Waals surface area contributed by atoms with Gasteiger partial charge in [0.05, 0.1) is 5.69 Å². The molecule has 2 heteroatoms. The molecule has 0 spiro atoms. The molecule has 0 aliphatic rings. The van der Waals surface area contributed by atoms with Crippen LogP contribution in [0.1, 0.15) is 43.9 Å². The van der Waals surface area contributed by atoms with E-state index in [0.29, 0.717) is 0 Å². The number of hydrogen-bond donors (Lipinski definition) is 0. The number of oxazole rings is 1. The molecule has 1 heterocycles. The Labute approximate surface area is 109 Å². The van der Waals surface area contributed by atoms with E-state index in [1.807, 2.05) is 0 Å². The van der Waals surface area contributed by atoms with Gasteiger partial charge in [-0.15, -0.1) is 0 Å². The molecule has 0 fully saturated rings. The van der Waals surface area contributed by atoms with Gasteiger partial charge in [0.2, 0.25) is 5.89 Å². The van der Waals surface area contributed by atoms with Gasteiger partial charge in [-0.3, -0.25) is 0 Å². The smallest absolute Gasteiger partial charge is 0.226 e. The van der Waals surface area contributed by atoms with Crippen molar-refractivity contribution in [2.24, 2.45) is 0 Å². The fourth-order valence-corrected chi connectivity index (χ4v) is 1.98. The fourth-order valence-electron chi connectivity index (χ4n) is 1.98. The first-order valence-electron chi connectivity index (χ1n) is 6.81. The first kappa shape index (κ1) is 12.9. The molecule has 2 rings (SSSR count). The number of rotatable bonds is 6. The largest absolute Gasteiger partial charge is 0.444 e. The van der Waals surface area contributed by atoms with Gasteiger partial charge in [0.1, 0.15) is 6.26 Å². The van der Waals surface area contributed by atoms with E-state index in [1.165, 1.54) is 31.2 Å². The average Bonchev–Trinajstić information content (AvgIpc) is 2.84. The zero-order valence-electron chi connectivity index (χ0n) is 11.3. The van der Waals surface area contributed by atoms with Gasteiger partial charge in [0.15, 0.2) is 0 Å². The molecule has 2 aromatic rings. The summed E-state index contributed by atoms with van der Waals surface area (Å²) in [5.41, 5.74) is 3.38. The molecule has 2 nitrogen and oxygen atoms in total. The van der Waals surface area contributed by atoms with Crippen LogP contribution >= 0.6 is 0 Å². The third-order valence-corrected chi connectivity index (χ3v) is 3.14. The lowest BCUT2D eigenvalue weighted by atomic mass is 10.1. The predicted octanol–water partition coefficient (Wildman–Crippen LogP) is 4.77. The molecule has 0 saturated heterocycles. The van der Waals surface area contributed by atoms with Crippen LogP contribution < -0.4 is 0 Å². The first-order valence-corrected chi connectivity index (χ1v) is 6.81. The van der Waals surface area contributed by atoms with Crippen molar-refractivity contribution in [2.45, 2.75) is 46.0 Å². The van der Waals surface area contributed by atoms with Crippen LogP contribution in [-0.4, -0.2) is 4.98 Å². The molecular weight excluding hydrogens is 222 g/mol. The molecular formula is C16H21NO. The Kier molecular flexibility index (Phi) is 4.57. The minimum absolute atomic E-state index is 0.737. The molecule has 0 amide bonds. The second kappa shape index (κ2) is 6.39. The van der Waals surface area contributed by atoms with Crippen molar-refractivity contribution in [1.82, 2.24) is 4.98 Å². The van der Waals surface area contributed by atoms with Gasteiger partial charge >= 0.3 is 0 Å². The highest BCUT2D eigenvalue weighted by molar-refractivity contribution is 5.53. The molecule has 1 aromatic heterocycles. The van der Waals surface area contributed by atoms with Crippen LogP contribution in [0.2, 0.25) is 0 Å². The summed E-state index contributed by atoms with van der Waals surface area (Å²) in [5.74, 6) is 0.737. The van der Waals surface area contributed by atoms with Gasteiger partial charge in [-0.1, -0.05) is 43.9 Å². The summed E-state index contributed by atoms with van der Waals surface area (Å²) in [4.78, 5) is 4.54. The Balaban J connectivity index is 1.95. The number of nitrogens with zero attached hydrogens (tertiary/aromatic N) is 1. The van der Waals surface area contributed by atoms with Crippen molar-refractivity contribution in [1.29, 1.82) is 0 Å². The molecule has 0 aliphatic heterocycles. The molecule has 0 bridgehead atoms. The van der Waals surface area contributed by atoms with Crippen LogP contribution in [0.25, 0.3) is 11.5 Å². The maximum atomic E-state index is 5.54. The minimum atomic E-state index is 0.737. The van der Waals surface area contributed by atoms with E-state index in [1.54, 1.807) is 6.26 Å². The molecule has 0 saturated carbocycles. The van der Waals surface area contributed by atoms with Gasteiger partial charge in [-0.25, -0.2) is 4.98 Å². The van der Waals surface area contributed by atoms with Gasteiger partial charge in [0.25, 0.3) is 0 Å². The summed E-state index contributed by atoms with van der Waals surface area (Å²) in [6.07, 6.45) is 7.88. The molecule has 96 valence electrons. The van der Waals surface area contributed by atoms with Crippen LogP contribution in [0, 0.1) is 6.92 Å². The number of hydrogen-bond acceptors (Lipinski definition) is 2. The summed E-state index contributed by atoms with van der Waals surface area (Å²) in [5, 5.41) is 0. The highest BCUT2D eigenvalue weighted by Gasteiger charge is 2.06. The van der Waals surface area contributed by atoms with Crippen molar-refractivity contribution >= 4 is 0 Å². The van der Waals surface area contributed by atoms with Gasteiger partial charge in [-0.05, 0) is 31.9 Å². The maximum Gasteiger partial charge on any atom is 0.226 e. The van der Waals surface area contributed by atoms with E-state index in [4.69, 9.17) is 4.42 Å². The van der Waals surface area contributed by atoms with E-state index in [9.17, 15) is 0 Å². The molecule has 0 radical (unpaired) electrons. The van der Waals surface area contributed by atoms with E-state index in [2.05, 4.69) is 43.1 Å². The zero-order chi connectivity index (χ0) is 12.8. The van der Waals surface area contributed by atoms with Crippen LogP contribution in [-0.2, 0) is 6.42 Å². The first-order chi connectivity index (χ1) is 8.79. The molecule has 1 aromatic carbocycles. The lowest BCUT2D eigenvalue weighted by Crippen LogP contribution is -1.86. The Morgan fingerprint density at radius 3 is 2.56 bits per heavy atom. The third-order valence-electron chi connectivity index (χ3n) is 3.14. The standard InChI is InChI=1S/C16H21NO/c1-3-4-5-6-7-15-12-18-16(17-15)14-10-8-13(2)9-11-14/h8-12H,3-7H2,1-2H3. The van der Waals surface area contributed by atoms with E-state index < -0.39 is 0 Å². The van der Waals surface area contributed by atoms with Crippen molar-refractivity contribution in [3.63, 3.8) is 0 Å². The Morgan fingerprint density at radius 1 is 1.06 bits per heavy atom. The Morgan fingerprint density at radius 2 is 1.83 bits per heavy atom. The number of unbranched alkanes of at least 4 members (excludes halogenated alkanes) is 3. The highest BCUT2D eigenvalue weighted by atomic mass is 16.3. The summed E-state index contributed by atoms with van der Waals surface area (Å²) in [6.45, 7) is 4.31. The van der Waals surface area contributed by atoms with Crippen molar-refractivity contribution in [3.8, 4) is 11.5 Å². The van der Waals surface area contributed by atoms with Crippen molar-refractivity contribution in [2.75, 3.05) is 0 Å². The normalized spacial score (nSPS) is 10.8. The molecule has 0 aliphatic carbocycles. The van der Waals surface area contributed by atoms with Crippen molar-refractivity contribution in [3.05, 3.63) is 41.8 Å². The topological polar surface area (TPSA) is 26.0 Å². The monoisotopic (exact) mass is 243 g/mol. The van der Waals surface area contributed by atoms with E-state index in [0.717, 1.165) is 23.6 Å². The number of aryl methyl sites for hydroxylation is 2. The fraction of sp³-hybridized carbons (Fsp3) is 0.438. The summed E-state index contributed by atoms with van der Waals surface area (Å²) >= 11 is 0. The zero-order valence-corrected chi connectivity index (χ0v) is 11.3. The number of aromatic nitrogens is 1. The Bertz CT molecular complexity index is 470. The lowest BCUT2D eigenvalue weighted by molar-refractivity contribution is 0.571. The summed E-state index contributed by atoms with van der Waals surface area (Å²) in [6, 6.07) is 8.28. The average molecular weight is 243 g/mol. The Hall–Kier alpha value is -1.57. The van der Waals surface area contributed by atoms with E-state index in [-0.39, 0.29) is 0 Å². The molecule has 0 atom stereocenters. The third kappa shape index (κ3) is 3.46. The van der Waals surface area contributed by atoms with Crippen LogP contribution in [0.5, 0.6) is 0 Å². The van der Waals surface area contributed by atoms with Crippen molar-refractivity contribution < 1.29 is 4.42 Å². The number of benzene rings is 1. The molecule has 18 heavy (non-hydrogen) atoms. The van der Waals surface area contributed by atoms with Gasteiger partial charge < -0.3 is 4.42 Å². The van der Waals surface area contributed by atoms with E-state index >= 15 is 0 Å². The second-order valence-corrected chi connectivity index (χ2v) is 4.82. The van der Waals surface area contributed by atoms with Gasteiger partial charge in [-0.2, -0.15) is 0 Å². The summed E-state index contributed by atoms with van der Waals surface area (Å²) in [7, 11) is 0. The van der Waals surface area contributed by atoms with Crippen LogP contribution in [0.4, 0.5) is 0 Å². The van der Waals surface area contributed by atoms with Crippen LogP contribution in [0.15, 0.2) is 34.9 Å². The van der Waals surface area contributed by atoms with Gasteiger partial charge in [0, 0.05) is 5.56 Å². The molecule has 0 N–H and O–H groups in total. The minimum Gasteiger partial charge on any atom is -0.444 e. The maximum absolute atomic E-state index is 5.54. The quantitative estimate of drug-likeness (QED) is 0.683.